The maximum Gasteiger partial charge on any atom is 0.194 e. The van der Waals surface area contributed by atoms with Crippen LogP contribution >= 0.6 is 0 Å². The van der Waals surface area contributed by atoms with E-state index in [2.05, 4.69) is 25.3 Å². The highest BCUT2D eigenvalue weighted by molar-refractivity contribution is 5.80. The van der Waals surface area contributed by atoms with E-state index in [9.17, 15) is 0 Å². The van der Waals surface area contributed by atoms with Gasteiger partial charge >= 0.3 is 0 Å². The smallest absolute Gasteiger partial charge is 0.194 e. The first-order valence-electron chi connectivity index (χ1n) is 7.96. The second-order valence-electron chi connectivity index (χ2n) is 5.87. The fourth-order valence-electron chi connectivity index (χ4n) is 3.17. The Morgan fingerprint density at radius 2 is 2.23 bits per heavy atom. The number of aryl methyl sites for hydroxylation is 1. The van der Waals surface area contributed by atoms with Gasteiger partial charge in [-0.2, -0.15) is 0 Å². The van der Waals surface area contributed by atoms with Gasteiger partial charge in [0.1, 0.15) is 0 Å². The Morgan fingerprint density at radius 1 is 1.41 bits per heavy atom. The van der Waals surface area contributed by atoms with Crippen LogP contribution in [-0.4, -0.2) is 73.4 Å². The highest BCUT2D eigenvalue weighted by Gasteiger charge is 2.30. The van der Waals surface area contributed by atoms with E-state index >= 15 is 0 Å². The van der Waals surface area contributed by atoms with Gasteiger partial charge in [0.2, 0.25) is 0 Å². The molecular weight excluding hydrogens is 282 g/mol. The second kappa shape index (κ2) is 7.11. The number of likely N-dealkylation sites (tertiary alicyclic amines) is 1. The van der Waals surface area contributed by atoms with Gasteiger partial charge in [-0.3, -0.25) is 9.89 Å². The molecule has 3 heterocycles. The average molecular weight is 307 g/mol. The van der Waals surface area contributed by atoms with Crippen LogP contribution in [0.3, 0.4) is 0 Å². The number of guanidine groups is 1. The van der Waals surface area contributed by atoms with Crippen molar-refractivity contribution in [2.24, 2.45) is 4.99 Å². The van der Waals surface area contributed by atoms with Crippen molar-refractivity contribution in [2.45, 2.75) is 25.9 Å². The molecule has 0 bridgehead atoms. The van der Waals surface area contributed by atoms with E-state index in [-0.39, 0.29) is 0 Å². The lowest BCUT2D eigenvalue weighted by molar-refractivity contribution is 0.0195. The first-order chi connectivity index (χ1) is 10.8. The predicted octanol–water partition coefficient (Wildman–Crippen LogP) is 0.465. The summed E-state index contributed by atoms with van der Waals surface area (Å²) in [5.74, 6) is 1.77. The van der Waals surface area contributed by atoms with E-state index in [0.717, 1.165) is 56.8 Å². The molecule has 3 rings (SSSR count). The number of hydrogen-bond donors (Lipinski definition) is 1. The van der Waals surface area contributed by atoms with E-state index in [1.165, 1.54) is 6.42 Å². The largest absolute Gasteiger partial charge is 0.379 e. The molecule has 0 saturated carbocycles. The molecular formula is C15H25N5O2. The van der Waals surface area contributed by atoms with Crippen LogP contribution in [0.4, 0.5) is 0 Å². The zero-order valence-corrected chi connectivity index (χ0v) is 13.4. The van der Waals surface area contributed by atoms with Crippen molar-refractivity contribution in [1.82, 2.24) is 20.3 Å². The number of aliphatic imine (C=N–C) groups is 1. The second-order valence-corrected chi connectivity index (χ2v) is 5.87. The van der Waals surface area contributed by atoms with Crippen molar-refractivity contribution in [3.63, 3.8) is 0 Å². The van der Waals surface area contributed by atoms with Crippen LogP contribution < -0.4 is 5.32 Å². The number of nitrogens with one attached hydrogen (secondary N) is 1. The third-order valence-electron chi connectivity index (χ3n) is 4.33. The standard InChI is InChI=1S/C15H25N5O2/c1-12-9-14(22-18-12)10-17-15(16-2)20-4-3-13(11-20)19-5-7-21-8-6-19/h9,13H,3-8,10-11H2,1-2H3,(H,16,17). The van der Waals surface area contributed by atoms with Crippen LogP contribution in [0.2, 0.25) is 0 Å². The van der Waals surface area contributed by atoms with Gasteiger partial charge < -0.3 is 19.5 Å². The molecule has 1 unspecified atom stereocenters. The molecule has 7 nitrogen and oxygen atoms in total. The molecule has 2 fully saturated rings. The zero-order chi connectivity index (χ0) is 15.4. The molecule has 2 aliphatic heterocycles. The van der Waals surface area contributed by atoms with Crippen LogP contribution in [0.5, 0.6) is 0 Å². The number of rotatable bonds is 3. The zero-order valence-electron chi connectivity index (χ0n) is 13.4. The molecule has 1 N–H and O–H groups in total. The van der Waals surface area contributed by atoms with Gasteiger partial charge in [0.15, 0.2) is 11.7 Å². The summed E-state index contributed by atoms with van der Waals surface area (Å²) >= 11 is 0. The van der Waals surface area contributed by atoms with E-state index in [0.29, 0.717) is 12.6 Å². The van der Waals surface area contributed by atoms with Crippen molar-refractivity contribution in [3.8, 4) is 0 Å². The highest BCUT2D eigenvalue weighted by Crippen LogP contribution is 2.17. The summed E-state index contributed by atoms with van der Waals surface area (Å²) < 4.78 is 10.7. The van der Waals surface area contributed by atoms with Gasteiger partial charge in [0.05, 0.1) is 25.5 Å². The minimum absolute atomic E-state index is 0.606. The van der Waals surface area contributed by atoms with Gasteiger partial charge in [0.25, 0.3) is 0 Å². The SMILES string of the molecule is CN=C(NCc1cc(C)no1)N1CCC(N2CCOCC2)C1. The molecule has 0 aliphatic carbocycles. The lowest BCUT2D eigenvalue weighted by Gasteiger charge is -2.32. The van der Waals surface area contributed by atoms with Gasteiger partial charge in [-0.15, -0.1) is 0 Å². The number of aromatic nitrogens is 1. The first-order valence-corrected chi connectivity index (χ1v) is 7.96. The summed E-state index contributed by atoms with van der Waals surface area (Å²) in [6.45, 7) is 8.40. The Balaban J connectivity index is 1.51. The Hall–Kier alpha value is -1.60. The Kier molecular flexibility index (Phi) is 4.94. The molecule has 0 spiro atoms. The molecule has 122 valence electrons. The normalized spacial score (nSPS) is 24.0. The van der Waals surface area contributed by atoms with Gasteiger partial charge in [0, 0.05) is 45.3 Å². The lowest BCUT2D eigenvalue weighted by atomic mass is 10.2. The van der Waals surface area contributed by atoms with Crippen molar-refractivity contribution < 1.29 is 9.26 Å². The number of ether oxygens (including phenoxy) is 1. The molecule has 0 aromatic carbocycles. The van der Waals surface area contributed by atoms with Gasteiger partial charge in [-0.1, -0.05) is 5.16 Å². The molecule has 1 aromatic rings. The van der Waals surface area contributed by atoms with Crippen LogP contribution in [0, 0.1) is 6.92 Å². The van der Waals surface area contributed by atoms with Crippen LogP contribution in [0.1, 0.15) is 17.9 Å². The fraction of sp³-hybridized carbons (Fsp3) is 0.733. The minimum Gasteiger partial charge on any atom is -0.379 e. The minimum atomic E-state index is 0.606. The number of morpholine rings is 1. The maximum absolute atomic E-state index is 5.44. The van der Waals surface area contributed by atoms with Crippen molar-refractivity contribution in [2.75, 3.05) is 46.4 Å². The molecule has 2 aliphatic rings. The number of nitrogens with zero attached hydrogens (tertiary/aromatic N) is 4. The molecule has 7 heteroatoms. The van der Waals surface area contributed by atoms with Gasteiger partial charge in [-0.25, -0.2) is 0 Å². The van der Waals surface area contributed by atoms with E-state index in [1.807, 2.05) is 20.0 Å². The monoisotopic (exact) mass is 307 g/mol. The quantitative estimate of drug-likeness (QED) is 0.647. The first kappa shape index (κ1) is 15.3. The maximum atomic E-state index is 5.44. The summed E-state index contributed by atoms with van der Waals surface area (Å²) in [5, 5.41) is 7.27. The molecule has 2 saturated heterocycles. The van der Waals surface area contributed by atoms with E-state index in [4.69, 9.17) is 9.26 Å². The molecule has 1 aromatic heterocycles. The van der Waals surface area contributed by atoms with Crippen LogP contribution in [0.15, 0.2) is 15.6 Å². The van der Waals surface area contributed by atoms with Crippen LogP contribution in [0.25, 0.3) is 0 Å². The number of hydrogen-bond acceptors (Lipinski definition) is 5. The fourth-order valence-corrected chi connectivity index (χ4v) is 3.17. The Bertz CT molecular complexity index is 510. The Labute approximate surface area is 131 Å². The molecule has 22 heavy (non-hydrogen) atoms. The molecule has 0 amide bonds. The van der Waals surface area contributed by atoms with Gasteiger partial charge in [-0.05, 0) is 13.3 Å². The van der Waals surface area contributed by atoms with E-state index < -0.39 is 0 Å². The molecule has 0 radical (unpaired) electrons. The highest BCUT2D eigenvalue weighted by atomic mass is 16.5. The molecule has 1 atom stereocenters. The lowest BCUT2D eigenvalue weighted by Crippen LogP contribution is -2.46. The van der Waals surface area contributed by atoms with Crippen molar-refractivity contribution in [1.29, 1.82) is 0 Å². The van der Waals surface area contributed by atoms with Crippen molar-refractivity contribution >= 4 is 5.96 Å². The summed E-state index contributed by atoms with van der Waals surface area (Å²) in [4.78, 5) is 9.26. The van der Waals surface area contributed by atoms with Crippen LogP contribution in [-0.2, 0) is 11.3 Å². The topological polar surface area (TPSA) is 66.1 Å². The predicted molar refractivity (Wildman–Crippen MR) is 83.8 cm³/mol. The summed E-state index contributed by atoms with van der Waals surface area (Å²) in [5.41, 5.74) is 0.903. The van der Waals surface area contributed by atoms with Crippen molar-refractivity contribution in [3.05, 3.63) is 17.5 Å². The third-order valence-corrected chi connectivity index (χ3v) is 4.33. The summed E-state index contributed by atoms with van der Waals surface area (Å²) in [7, 11) is 1.83. The summed E-state index contributed by atoms with van der Waals surface area (Å²) in [6.07, 6.45) is 1.18. The third kappa shape index (κ3) is 3.59. The van der Waals surface area contributed by atoms with E-state index in [1.54, 1.807) is 0 Å². The Morgan fingerprint density at radius 3 is 2.91 bits per heavy atom. The summed E-state index contributed by atoms with van der Waals surface area (Å²) in [6, 6.07) is 2.55. The average Bonchev–Trinajstić information content (AvgIpc) is 3.18.